The van der Waals surface area contributed by atoms with Gasteiger partial charge in [-0.15, -0.1) is 0 Å². The molecule has 0 amide bonds. The molecule has 19 heavy (non-hydrogen) atoms. The molecule has 1 aromatic rings. The first-order valence-electron chi connectivity index (χ1n) is 7.40. The highest BCUT2D eigenvalue weighted by molar-refractivity contribution is 5.38. The Kier molecular flexibility index (Phi) is 3.71. The Morgan fingerprint density at radius 2 is 1.95 bits per heavy atom. The van der Waals surface area contributed by atoms with Crippen LogP contribution in [-0.2, 0) is 0 Å². The van der Waals surface area contributed by atoms with Crippen molar-refractivity contribution in [2.24, 2.45) is 11.1 Å². The van der Waals surface area contributed by atoms with Crippen molar-refractivity contribution in [3.05, 3.63) is 24.4 Å². The summed E-state index contributed by atoms with van der Waals surface area (Å²) < 4.78 is 0. The largest absolute Gasteiger partial charge is 0.354 e. The molecule has 1 saturated heterocycles. The van der Waals surface area contributed by atoms with Crippen molar-refractivity contribution in [2.45, 2.75) is 19.3 Å². The molecule has 0 bridgehead atoms. The first kappa shape index (κ1) is 12.9. The number of anilines is 1. The van der Waals surface area contributed by atoms with Gasteiger partial charge >= 0.3 is 0 Å². The van der Waals surface area contributed by atoms with Gasteiger partial charge in [-0.05, 0) is 36.9 Å². The third-order valence-electron chi connectivity index (χ3n) is 4.75. The molecule has 0 aromatic carbocycles. The van der Waals surface area contributed by atoms with Crippen LogP contribution in [0, 0.1) is 5.41 Å². The predicted molar refractivity (Wildman–Crippen MR) is 78.2 cm³/mol. The normalized spacial score (nSPS) is 23.1. The van der Waals surface area contributed by atoms with E-state index < -0.39 is 0 Å². The standard InChI is InChI=1S/C15H24N4/c16-12-15(5-3-6-15)13-18-8-10-19(11-9-18)14-4-1-2-7-17-14/h1-2,4,7H,3,5-6,8-13,16H2. The van der Waals surface area contributed by atoms with Crippen LogP contribution in [0.15, 0.2) is 24.4 Å². The Morgan fingerprint density at radius 1 is 1.16 bits per heavy atom. The van der Waals surface area contributed by atoms with Gasteiger partial charge in [0.2, 0.25) is 0 Å². The van der Waals surface area contributed by atoms with Gasteiger partial charge in [0.15, 0.2) is 0 Å². The molecule has 3 rings (SSSR count). The van der Waals surface area contributed by atoms with Crippen LogP contribution >= 0.6 is 0 Å². The van der Waals surface area contributed by atoms with Crippen molar-refractivity contribution in [1.82, 2.24) is 9.88 Å². The highest BCUT2D eigenvalue weighted by Gasteiger charge is 2.37. The van der Waals surface area contributed by atoms with Gasteiger partial charge in [0.1, 0.15) is 5.82 Å². The summed E-state index contributed by atoms with van der Waals surface area (Å²) in [5.74, 6) is 1.11. The SMILES string of the molecule is NCC1(CN2CCN(c3ccccn3)CC2)CCC1. The fourth-order valence-electron chi connectivity index (χ4n) is 3.25. The first-order valence-corrected chi connectivity index (χ1v) is 7.40. The number of piperazine rings is 1. The van der Waals surface area contributed by atoms with Crippen LogP contribution in [0.1, 0.15) is 19.3 Å². The van der Waals surface area contributed by atoms with Crippen molar-refractivity contribution < 1.29 is 0 Å². The first-order chi connectivity index (χ1) is 9.31. The molecule has 2 N–H and O–H groups in total. The van der Waals surface area contributed by atoms with Crippen molar-refractivity contribution in [3.8, 4) is 0 Å². The number of rotatable bonds is 4. The van der Waals surface area contributed by atoms with Crippen molar-refractivity contribution in [1.29, 1.82) is 0 Å². The maximum atomic E-state index is 5.96. The van der Waals surface area contributed by atoms with E-state index in [1.807, 2.05) is 12.3 Å². The number of aromatic nitrogens is 1. The van der Waals surface area contributed by atoms with Crippen LogP contribution in [0.25, 0.3) is 0 Å². The van der Waals surface area contributed by atoms with E-state index in [-0.39, 0.29) is 0 Å². The minimum Gasteiger partial charge on any atom is -0.354 e. The van der Waals surface area contributed by atoms with Gasteiger partial charge in [-0.1, -0.05) is 12.5 Å². The maximum Gasteiger partial charge on any atom is 0.128 e. The van der Waals surface area contributed by atoms with E-state index in [9.17, 15) is 0 Å². The average Bonchev–Trinajstić information content (AvgIpc) is 2.45. The summed E-state index contributed by atoms with van der Waals surface area (Å²) in [7, 11) is 0. The second-order valence-corrected chi connectivity index (χ2v) is 6.01. The molecule has 4 nitrogen and oxygen atoms in total. The van der Waals surface area contributed by atoms with E-state index in [1.165, 1.54) is 25.8 Å². The van der Waals surface area contributed by atoms with Crippen molar-refractivity contribution in [2.75, 3.05) is 44.2 Å². The Morgan fingerprint density at radius 3 is 2.47 bits per heavy atom. The summed E-state index contributed by atoms with van der Waals surface area (Å²) in [5, 5.41) is 0. The van der Waals surface area contributed by atoms with Gasteiger partial charge < -0.3 is 10.6 Å². The number of hydrogen-bond donors (Lipinski definition) is 1. The Hall–Kier alpha value is -1.13. The quantitative estimate of drug-likeness (QED) is 0.887. The second kappa shape index (κ2) is 5.47. The smallest absolute Gasteiger partial charge is 0.128 e. The van der Waals surface area contributed by atoms with E-state index in [2.05, 4.69) is 26.9 Å². The summed E-state index contributed by atoms with van der Waals surface area (Å²) in [6.07, 6.45) is 5.89. The minimum atomic E-state index is 0.438. The molecule has 1 aliphatic heterocycles. The average molecular weight is 260 g/mol. The lowest BCUT2D eigenvalue weighted by atomic mass is 9.68. The number of nitrogens with zero attached hydrogens (tertiary/aromatic N) is 3. The van der Waals surface area contributed by atoms with Crippen LogP contribution in [0.2, 0.25) is 0 Å². The summed E-state index contributed by atoms with van der Waals surface area (Å²) in [6, 6.07) is 6.14. The van der Waals surface area contributed by atoms with E-state index in [0.29, 0.717) is 5.41 Å². The monoisotopic (exact) mass is 260 g/mol. The summed E-state index contributed by atoms with van der Waals surface area (Å²) in [4.78, 5) is 9.40. The zero-order valence-electron chi connectivity index (χ0n) is 11.6. The molecule has 0 spiro atoms. The highest BCUT2D eigenvalue weighted by Crippen LogP contribution is 2.40. The molecule has 104 valence electrons. The second-order valence-electron chi connectivity index (χ2n) is 6.01. The molecule has 4 heteroatoms. The molecule has 2 aliphatic rings. The molecule has 1 aliphatic carbocycles. The van der Waals surface area contributed by atoms with Crippen molar-refractivity contribution >= 4 is 5.82 Å². The van der Waals surface area contributed by atoms with Crippen molar-refractivity contribution in [3.63, 3.8) is 0 Å². The Labute approximate surface area is 115 Å². The van der Waals surface area contributed by atoms with Crippen LogP contribution in [0.3, 0.4) is 0 Å². The lowest BCUT2D eigenvalue weighted by Crippen LogP contribution is -2.53. The third kappa shape index (κ3) is 2.74. The summed E-state index contributed by atoms with van der Waals surface area (Å²) in [5.41, 5.74) is 6.39. The van der Waals surface area contributed by atoms with Gasteiger partial charge in [-0.3, -0.25) is 4.90 Å². The lowest BCUT2D eigenvalue weighted by molar-refractivity contribution is 0.0717. The summed E-state index contributed by atoms with van der Waals surface area (Å²) in [6.45, 7) is 6.49. The fraction of sp³-hybridized carbons (Fsp3) is 0.667. The number of nitrogens with two attached hydrogens (primary N) is 1. The zero-order valence-corrected chi connectivity index (χ0v) is 11.6. The molecule has 0 unspecified atom stereocenters. The van der Waals surface area contributed by atoms with E-state index in [0.717, 1.165) is 38.5 Å². The van der Waals surface area contributed by atoms with Gasteiger partial charge in [0, 0.05) is 38.9 Å². The molecular weight excluding hydrogens is 236 g/mol. The van der Waals surface area contributed by atoms with Crippen LogP contribution < -0.4 is 10.6 Å². The van der Waals surface area contributed by atoms with E-state index in [4.69, 9.17) is 5.73 Å². The fourth-order valence-corrected chi connectivity index (χ4v) is 3.25. The molecular formula is C15H24N4. The zero-order chi connectivity index (χ0) is 13.1. The Balaban J connectivity index is 1.52. The van der Waals surface area contributed by atoms with Crippen LogP contribution in [-0.4, -0.2) is 49.2 Å². The van der Waals surface area contributed by atoms with Crippen LogP contribution in [0.5, 0.6) is 0 Å². The van der Waals surface area contributed by atoms with Gasteiger partial charge in [0.25, 0.3) is 0 Å². The van der Waals surface area contributed by atoms with Gasteiger partial charge in [-0.25, -0.2) is 4.98 Å². The molecule has 1 aromatic heterocycles. The highest BCUT2D eigenvalue weighted by atomic mass is 15.3. The lowest BCUT2D eigenvalue weighted by Gasteiger charge is -2.46. The molecule has 0 atom stereocenters. The Bertz CT molecular complexity index is 388. The predicted octanol–water partition coefficient (Wildman–Crippen LogP) is 1.33. The van der Waals surface area contributed by atoms with Crippen LogP contribution in [0.4, 0.5) is 5.82 Å². The van der Waals surface area contributed by atoms with E-state index in [1.54, 1.807) is 0 Å². The molecule has 0 radical (unpaired) electrons. The maximum absolute atomic E-state index is 5.96. The van der Waals surface area contributed by atoms with Gasteiger partial charge in [0.05, 0.1) is 0 Å². The number of pyridine rings is 1. The molecule has 2 fully saturated rings. The minimum absolute atomic E-state index is 0.438. The molecule has 1 saturated carbocycles. The number of hydrogen-bond acceptors (Lipinski definition) is 4. The molecule has 2 heterocycles. The van der Waals surface area contributed by atoms with E-state index >= 15 is 0 Å². The third-order valence-corrected chi connectivity index (χ3v) is 4.75. The van der Waals surface area contributed by atoms with Gasteiger partial charge in [-0.2, -0.15) is 0 Å². The summed E-state index contributed by atoms with van der Waals surface area (Å²) >= 11 is 0. The topological polar surface area (TPSA) is 45.4 Å².